The highest BCUT2D eigenvalue weighted by atomic mass is 16.3. The lowest BCUT2D eigenvalue weighted by Gasteiger charge is -2.33. The van der Waals surface area contributed by atoms with Crippen LogP contribution in [-0.4, -0.2) is 48.3 Å². The molecule has 0 aromatic rings. The van der Waals surface area contributed by atoms with Gasteiger partial charge < -0.3 is 15.3 Å². The number of aliphatic hydroxyl groups excluding tert-OH is 1. The standard InChI is InChI=1S/C12H26N2O/c1-3-7-14-8-5-12(6-9-14)13-11(4-2)10-15/h11-13,15H,3-10H2,1-2H3/t11-/m1/s1. The molecule has 1 rings (SSSR count). The minimum Gasteiger partial charge on any atom is -0.395 e. The van der Waals surface area contributed by atoms with E-state index >= 15 is 0 Å². The molecular weight excluding hydrogens is 188 g/mol. The average molecular weight is 214 g/mol. The summed E-state index contributed by atoms with van der Waals surface area (Å²) in [5.74, 6) is 0. The van der Waals surface area contributed by atoms with Crippen molar-refractivity contribution in [3.8, 4) is 0 Å². The van der Waals surface area contributed by atoms with Crippen molar-refractivity contribution < 1.29 is 5.11 Å². The lowest BCUT2D eigenvalue weighted by Crippen LogP contribution is -2.47. The molecule has 1 aliphatic heterocycles. The van der Waals surface area contributed by atoms with Crippen molar-refractivity contribution in [3.05, 3.63) is 0 Å². The third-order valence-corrected chi connectivity index (χ3v) is 3.31. The summed E-state index contributed by atoms with van der Waals surface area (Å²) in [7, 11) is 0. The summed E-state index contributed by atoms with van der Waals surface area (Å²) in [4.78, 5) is 2.54. The fourth-order valence-electron chi connectivity index (χ4n) is 2.27. The van der Waals surface area contributed by atoms with Crippen LogP contribution in [0.1, 0.15) is 39.5 Å². The first kappa shape index (κ1) is 12.9. The summed E-state index contributed by atoms with van der Waals surface area (Å²) in [6.45, 7) is 8.31. The first-order chi connectivity index (χ1) is 7.30. The monoisotopic (exact) mass is 214 g/mol. The highest BCUT2D eigenvalue weighted by Gasteiger charge is 2.20. The van der Waals surface area contributed by atoms with Gasteiger partial charge in [-0.1, -0.05) is 13.8 Å². The van der Waals surface area contributed by atoms with Gasteiger partial charge in [0.25, 0.3) is 0 Å². The maximum Gasteiger partial charge on any atom is 0.0584 e. The number of hydrogen-bond donors (Lipinski definition) is 2. The summed E-state index contributed by atoms with van der Waals surface area (Å²) in [5.41, 5.74) is 0. The molecule has 15 heavy (non-hydrogen) atoms. The zero-order valence-electron chi connectivity index (χ0n) is 10.2. The Balaban J connectivity index is 2.19. The Bertz CT molecular complexity index is 152. The molecule has 1 fully saturated rings. The van der Waals surface area contributed by atoms with Crippen LogP contribution in [0.5, 0.6) is 0 Å². The van der Waals surface area contributed by atoms with Gasteiger partial charge in [-0.25, -0.2) is 0 Å². The Morgan fingerprint density at radius 1 is 1.33 bits per heavy atom. The van der Waals surface area contributed by atoms with E-state index in [2.05, 4.69) is 24.1 Å². The summed E-state index contributed by atoms with van der Waals surface area (Å²) >= 11 is 0. The topological polar surface area (TPSA) is 35.5 Å². The van der Waals surface area contributed by atoms with Gasteiger partial charge in [0.15, 0.2) is 0 Å². The van der Waals surface area contributed by atoms with Crippen LogP contribution in [0.15, 0.2) is 0 Å². The maximum atomic E-state index is 9.12. The molecule has 0 unspecified atom stereocenters. The summed E-state index contributed by atoms with van der Waals surface area (Å²) in [5, 5.41) is 12.7. The van der Waals surface area contributed by atoms with Crippen molar-refractivity contribution in [3.63, 3.8) is 0 Å². The average Bonchev–Trinajstić information content (AvgIpc) is 2.28. The molecule has 0 radical (unpaired) electrons. The SMILES string of the molecule is CCCN1CCC(N[C@H](CC)CO)CC1. The third kappa shape index (κ3) is 4.49. The first-order valence-corrected chi connectivity index (χ1v) is 6.39. The largest absolute Gasteiger partial charge is 0.395 e. The molecule has 0 aromatic heterocycles. The highest BCUT2D eigenvalue weighted by Crippen LogP contribution is 2.11. The van der Waals surface area contributed by atoms with Crippen molar-refractivity contribution in [2.24, 2.45) is 0 Å². The van der Waals surface area contributed by atoms with E-state index in [0.29, 0.717) is 12.1 Å². The lowest BCUT2D eigenvalue weighted by molar-refractivity contribution is 0.170. The number of hydrogen-bond acceptors (Lipinski definition) is 3. The van der Waals surface area contributed by atoms with Crippen LogP contribution in [0.2, 0.25) is 0 Å². The summed E-state index contributed by atoms with van der Waals surface area (Å²) in [6, 6.07) is 0.919. The Morgan fingerprint density at radius 3 is 2.47 bits per heavy atom. The smallest absolute Gasteiger partial charge is 0.0584 e. The first-order valence-electron chi connectivity index (χ1n) is 6.39. The fraction of sp³-hybridized carbons (Fsp3) is 1.00. The van der Waals surface area contributed by atoms with Crippen molar-refractivity contribution in [2.45, 2.75) is 51.6 Å². The zero-order valence-corrected chi connectivity index (χ0v) is 10.2. The van der Waals surface area contributed by atoms with Crippen LogP contribution in [0.3, 0.4) is 0 Å². The van der Waals surface area contributed by atoms with E-state index in [4.69, 9.17) is 5.11 Å². The molecule has 1 saturated heterocycles. The Hall–Kier alpha value is -0.120. The second kappa shape index (κ2) is 7.20. The Kier molecular flexibility index (Phi) is 6.22. The van der Waals surface area contributed by atoms with Gasteiger partial charge in [-0.15, -0.1) is 0 Å². The zero-order chi connectivity index (χ0) is 11.1. The van der Waals surface area contributed by atoms with E-state index in [1.165, 1.54) is 38.9 Å². The second-order valence-electron chi connectivity index (χ2n) is 4.57. The number of aliphatic hydroxyl groups is 1. The molecule has 3 heteroatoms. The maximum absolute atomic E-state index is 9.12. The molecule has 3 nitrogen and oxygen atoms in total. The van der Waals surface area contributed by atoms with Crippen molar-refractivity contribution >= 4 is 0 Å². The normalized spacial score (nSPS) is 21.8. The minimum atomic E-state index is 0.270. The highest BCUT2D eigenvalue weighted by molar-refractivity contribution is 4.79. The van der Waals surface area contributed by atoms with Crippen LogP contribution in [-0.2, 0) is 0 Å². The molecule has 1 heterocycles. The van der Waals surface area contributed by atoms with Crippen molar-refractivity contribution in [2.75, 3.05) is 26.2 Å². The Labute approximate surface area is 93.9 Å². The second-order valence-corrected chi connectivity index (χ2v) is 4.57. The van der Waals surface area contributed by atoms with Crippen LogP contribution in [0.4, 0.5) is 0 Å². The predicted octanol–water partition coefficient (Wildman–Crippen LogP) is 1.22. The van der Waals surface area contributed by atoms with Gasteiger partial charge >= 0.3 is 0 Å². The molecule has 0 bridgehead atoms. The molecule has 0 aliphatic carbocycles. The van der Waals surface area contributed by atoms with Gasteiger partial charge in [0, 0.05) is 12.1 Å². The van der Waals surface area contributed by atoms with Crippen LogP contribution in [0.25, 0.3) is 0 Å². The predicted molar refractivity (Wildman–Crippen MR) is 64.1 cm³/mol. The molecule has 0 spiro atoms. The van der Waals surface area contributed by atoms with Crippen molar-refractivity contribution in [1.82, 2.24) is 10.2 Å². The van der Waals surface area contributed by atoms with Crippen LogP contribution < -0.4 is 5.32 Å². The molecule has 0 saturated carbocycles. The van der Waals surface area contributed by atoms with Crippen LogP contribution in [0, 0.1) is 0 Å². The van der Waals surface area contributed by atoms with E-state index in [9.17, 15) is 0 Å². The van der Waals surface area contributed by atoms with Gasteiger partial charge in [-0.05, 0) is 45.3 Å². The summed E-state index contributed by atoms with van der Waals surface area (Å²) in [6.07, 6.45) is 4.74. The minimum absolute atomic E-state index is 0.270. The van der Waals surface area contributed by atoms with Crippen LogP contribution >= 0.6 is 0 Å². The number of rotatable bonds is 6. The van der Waals surface area contributed by atoms with Gasteiger partial charge in [0.2, 0.25) is 0 Å². The van der Waals surface area contributed by atoms with E-state index in [0.717, 1.165) is 6.42 Å². The van der Waals surface area contributed by atoms with Gasteiger partial charge in [0.05, 0.1) is 6.61 Å². The van der Waals surface area contributed by atoms with Gasteiger partial charge in [-0.3, -0.25) is 0 Å². The summed E-state index contributed by atoms with van der Waals surface area (Å²) < 4.78 is 0. The van der Waals surface area contributed by atoms with Gasteiger partial charge in [-0.2, -0.15) is 0 Å². The van der Waals surface area contributed by atoms with E-state index in [1.54, 1.807) is 0 Å². The molecule has 0 amide bonds. The van der Waals surface area contributed by atoms with E-state index in [1.807, 2.05) is 0 Å². The molecule has 0 aromatic carbocycles. The molecular formula is C12H26N2O. The number of likely N-dealkylation sites (tertiary alicyclic amines) is 1. The quantitative estimate of drug-likeness (QED) is 0.698. The Morgan fingerprint density at radius 2 is 2.00 bits per heavy atom. The van der Waals surface area contributed by atoms with Crippen molar-refractivity contribution in [1.29, 1.82) is 0 Å². The fourth-order valence-corrected chi connectivity index (χ4v) is 2.27. The van der Waals surface area contributed by atoms with E-state index < -0.39 is 0 Å². The molecule has 1 aliphatic rings. The third-order valence-electron chi connectivity index (χ3n) is 3.31. The number of piperidine rings is 1. The number of nitrogens with one attached hydrogen (secondary N) is 1. The lowest BCUT2D eigenvalue weighted by atomic mass is 10.0. The number of nitrogens with zero attached hydrogens (tertiary/aromatic N) is 1. The van der Waals surface area contributed by atoms with Gasteiger partial charge in [0.1, 0.15) is 0 Å². The molecule has 90 valence electrons. The van der Waals surface area contributed by atoms with E-state index in [-0.39, 0.29) is 6.61 Å². The molecule has 1 atom stereocenters. The molecule has 2 N–H and O–H groups in total.